The third-order valence-corrected chi connectivity index (χ3v) is 4.72. The molecule has 24 heavy (non-hydrogen) atoms. The summed E-state index contributed by atoms with van der Waals surface area (Å²) in [5.74, 6) is -0.657. The summed E-state index contributed by atoms with van der Waals surface area (Å²) in [6.07, 6.45) is 5.75. The molecule has 1 aromatic rings. The highest BCUT2D eigenvalue weighted by Gasteiger charge is 2.27. The number of nitrogens with one attached hydrogen (secondary N) is 1. The Hall–Kier alpha value is -1.91. The summed E-state index contributed by atoms with van der Waals surface area (Å²) in [7, 11) is 0. The van der Waals surface area contributed by atoms with Gasteiger partial charge >= 0.3 is 0 Å². The predicted molar refractivity (Wildman–Crippen MR) is 91.7 cm³/mol. The number of carbonyl (C=O) groups is 2. The first-order valence-electron chi connectivity index (χ1n) is 8.86. The molecule has 1 aliphatic rings. The van der Waals surface area contributed by atoms with Crippen LogP contribution in [0.25, 0.3) is 0 Å². The zero-order valence-electron chi connectivity index (χ0n) is 14.6. The maximum Gasteiger partial charge on any atom is 0.242 e. The zero-order chi connectivity index (χ0) is 17.5. The molecule has 132 valence electrons. The summed E-state index contributed by atoms with van der Waals surface area (Å²) in [6.45, 7) is 3.58. The van der Waals surface area contributed by atoms with Crippen molar-refractivity contribution < 1.29 is 14.0 Å². The van der Waals surface area contributed by atoms with Crippen molar-refractivity contribution in [3.63, 3.8) is 0 Å². The van der Waals surface area contributed by atoms with E-state index in [4.69, 9.17) is 0 Å². The normalized spacial score (nSPS) is 16.5. The fourth-order valence-corrected chi connectivity index (χ4v) is 3.16. The van der Waals surface area contributed by atoms with E-state index in [2.05, 4.69) is 5.32 Å². The van der Waals surface area contributed by atoms with Crippen LogP contribution in [0.3, 0.4) is 0 Å². The number of hydrogen-bond acceptors (Lipinski definition) is 2. The molecule has 0 radical (unpaired) electrons. The van der Waals surface area contributed by atoms with Crippen molar-refractivity contribution in [1.82, 2.24) is 10.2 Å². The topological polar surface area (TPSA) is 49.4 Å². The number of carbonyl (C=O) groups excluding carboxylic acids is 2. The summed E-state index contributed by atoms with van der Waals surface area (Å²) in [6, 6.07) is 5.96. The van der Waals surface area contributed by atoms with E-state index in [1.807, 2.05) is 0 Å². The van der Waals surface area contributed by atoms with Crippen LogP contribution in [0.2, 0.25) is 0 Å². The molecule has 0 aliphatic heterocycles. The molecule has 1 fully saturated rings. The first kappa shape index (κ1) is 18.4. The molecule has 0 saturated heterocycles. The molecule has 0 unspecified atom stereocenters. The van der Waals surface area contributed by atoms with Crippen molar-refractivity contribution in [1.29, 1.82) is 0 Å². The zero-order valence-corrected chi connectivity index (χ0v) is 14.6. The summed E-state index contributed by atoms with van der Waals surface area (Å²) in [5, 5.41) is 3.05. The number of rotatable bonds is 6. The van der Waals surface area contributed by atoms with Gasteiger partial charge in [0.05, 0.1) is 0 Å². The Kier molecular flexibility index (Phi) is 6.76. The molecule has 4 nitrogen and oxygen atoms in total. The van der Waals surface area contributed by atoms with Crippen LogP contribution < -0.4 is 5.32 Å². The van der Waals surface area contributed by atoms with Crippen molar-refractivity contribution in [2.24, 2.45) is 0 Å². The molecule has 1 aromatic carbocycles. The molecule has 2 rings (SSSR count). The van der Waals surface area contributed by atoms with E-state index in [0.29, 0.717) is 5.56 Å². The average molecular weight is 334 g/mol. The van der Waals surface area contributed by atoms with Crippen molar-refractivity contribution in [2.45, 2.75) is 71.0 Å². The van der Waals surface area contributed by atoms with Crippen molar-refractivity contribution >= 4 is 11.8 Å². The Balaban J connectivity index is 2.06. The number of hydrogen-bond donors (Lipinski definition) is 1. The molecule has 0 bridgehead atoms. The Morgan fingerprint density at radius 3 is 2.54 bits per heavy atom. The quantitative estimate of drug-likeness (QED) is 0.867. The molecular formula is C19H27FN2O2. The van der Waals surface area contributed by atoms with E-state index in [9.17, 15) is 14.0 Å². The number of benzene rings is 1. The van der Waals surface area contributed by atoms with Gasteiger partial charge in [0.1, 0.15) is 11.9 Å². The minimum atomic E-state index is -0.612. The predicted octanol–water partition coefficient (Wildman–Crippen LogP) is 3.40. The summed E-state index contributed by atoms with van der Waals surface area (Å²) >= 11 is 0. The van der Waals surface area contributed by atoms with E-state index < -0.39 is 6.04 Å². The van der Waals surface area contributed by atoms with E-state index in [0.717, 1.165) is 25.7 Å². The first-order chi connectivity index (χ1) is 11.5. The van der Waals surface area contributed by atoms with Gasteiger partial charge in [0.2, 0.25) is 11.8 Å². The monoisotopic (exact) mass is 334 g/mol. The first-order valence-corrected chi connectivity index (χ1v) is 8.86. The Bertz CT molecular complexity index is 570. The summed E-state index contributed by atoms with van der Waals surface area (Å²) in [4.78, 5) is 26.3. The molecule has 5 heteroatoms. The van der Waals surface area contributed by atoms with Gasteiger partial charge in [-0.25, -0.2) is 4.39 Å². The second-order valence-corrected chi connectivity index (χ2v) is 6.49. The minimum absolute atomic E-state index is 0.110. The highest BCUT2D eigenvalue weighted by molar-refractivity contribution is 5.87. The summed E-state index contributed by atoms with van der Waals surface area (Å²) < 4.78 is 13.9. The van der Waals surface area contributed by atoms with Crippen LogP contribution in [0.5, 0.6) is 0 Å². The van der Waals surface area contributed by atoms with Crippen LogP contribution in [0.15, 0.2) is 24.3 Å². The molecule has 0 spiro atoms. The van der Waals surface area contributed by atoms with E-state index in [1.54, 1.807) is 32.0 Å². The molecule has 0 heterocycles. The van der Waals surface area contributed by atoms with Gasteiger partial charge in [0, 0.05) is 24.6 Å². The van der Waals surface area contributed by atoms with Gasteiger partial charge in [-0.05, 0) is 25.8 Å². The van der Waals surface area contributed by atoms with Crippen LogP contribution in [-0.2, 0) is 16.1 Å². The van der Waals surface area contributed by atoms with Crippen LogP contribution >= 0.6 is 0 Å². The Labute approximate surface area is 143 Å². The van der Waals surface area contributed by atoms with Crippen molar-refractivity contribution in [3.8, 4) is 0 Å². The van der Waals surface area contributed by atoms with E-state index in [-0.39, 0.29) is 36.6 Å². The lowest BCUT2D eigenvalue weighted by molar-refractivity contribution is -0.140. The molecule has 1 atom stereocenters. The van der Waals surface area contributed by atoms with Gasteiger partial charge < -0.3 is 10.2 Å². The molecule has 1 aliphatic carbocycles. The fourth-order valence-electron chi connectivity index (χ4n) is 3.16. The van der Waals surface area contributed by atoms with Crippen LogP contribution in [0.1, 0.15) is 57.9 Å². The van der Waals surface area contributed by atoms with E-state index in [1.165, 1.54) is 17.4 Å². The van der Waals surface area contributed by atoms with Gasteiger partial charge in [0.25, 0.3) is 0 Å². The van der Waals surface area contributed by atoms with Crippen LogP contribution in [0.4, 0.5) is 4.39 Å². The Morgan fingerprint density at radius 2 is 1.92 bits per heavy atom. The van der Waals surface area contributed by atoms with Gasteiger partial charge in [-0.2, -0.15) is 0 Å². The van der Waals surface area contributed by atoms with Gasteiger partial charge in [-0.1, -0.05) is 44.4 Å². The SMILES string of the molecule is CCC(=O)N(Cc1ccccc1F)[C@@H](C)C(=O)NC1CCCCC1. The summed E-state index contributed by atoms with van der Waals surface area (Å²) in [5.41, 5.74) is 0.427. The standard InChI is InChI=1S/C19H27FN2O2/c1-3-18(23)22(13-15-9-7-8-12-17(15)20)14(2)19(24)21-16-10-5-4-6-11-16/h7-9,12,14,16H,3-6,10-11,13H2,1-2H3,(H,21,24)/t14-/m0/s1. The maximum atomic E-state index is 13.9. The van der Waals surface area contributed by atoms with Gasteiger partial charge in [0.15, 0.2) is 0 Å². The second kappa shape index (κ2) is 8.81. The lowest BCUT2D eigenvalue weighted by Crippen LogP contribution is -2.50. The van der Waals surface area contributed by atoms with Crippen molar-refractivity contribution in [3.05, 3.63) is 35.6 Å². The average Bonchev–Trinajstić information content (AvgIpc) is 2.60. The van der Waals surface area contributed by atoms with Gasteiger partial charge in [-0.3, -0.25) is 9.59 Å². The smallest absolute Gasteiger partial charge is 0.242 e. The molecule has 1 saturated carbocycles. The third-order valence-electron chi connectivity index (χ3n) is 4.72. The molecule has 2 amide bonds. The molecule has 0 aromatic heterocycles. The Morgan fingerprint density at radius 1 is 1.25 bits per heavy atom. The van der Waals surface area contributed by atoms with Crippen molar-refractivity contribution in [2.75, 3.05) is 0 Å². The van der Waals surface area contributed by atoms with E-state index >= 15 is 0 Å². The largest absolute Gasteiger partial charge is 0.352 e. The van der Waals surface area contributed by atoms with Crippen LogP contribution in [-0.4, -0.2) is 28.8 Å². The van der Waals surface area contributed by atoms with Crippen LogP contribution in [0, 0.1) is 5.82 Å². The minimum Gasteiger partial charge on any atom is -0.352 e. The molecule has 1 N–H and O–H groups in total. The number of halogens is 1. The lowest BCUT2D eigenvalue weighted by atomic mass is 9.95. The molecular weight excluding hydrogens is 307 g/mol. The highest BCUT2D eigenvalue weighted by atomic mass is 19.1. The maximum absolute atomic E-state index is 13.9. The second-order valence-electron chi connectivity index (χ2n) is 6.49. The number of amides is 2. The van der Waals surface area contributed by atoms with Gasteiger partial charge in [-0.15, -0.1) is 0 Å². The number of nitrogens with zero attached hydrogens (tertiary/aromatic N) is 1. The fraction of sp³-hybridized carbons (Fsp3) is 0.579. The lowest BCUT2D eigenvalue weighted by Gasteiger charge is -2.31. The third kappa shape index (κ3) is 4.79. The highest BCUT2D eigenvalue weighted by Crippen LogP contribution is 2.18.